The summed E-state index contributed by atoms with van der Waals surface area (Å²) >= 11 is 7.81. The van der Waals surface area contributed by atoms with Crippen LogP contribution in [0.1, 0.15) is 18.4 Å². The number of carbonyl (C=O) groups excluding carboxylic acids is 1. The van der Waals surface area contributed by atoms with E-state index in [1.165, 1.54) is 4.90 Å². The van der Waals surface area contributed by atoms with Crippen LogP contribution in [-0.4, -0.2) is 18.2 Å². The minimum Gasteiger partial charge on any atom is -0.356 e. The first kappa shape index (κ1) is 16.9. The molecule has 2 nitrogen and oxygen atoms in total. The monoisotopic (exact) mass is 333 g/mol. The number of nitrogens with one attached hydrogen (secondary N) is 1. The van der Waals surface area contributed by atoms with Gasteiger partial charge in [0, 0.05) is 28.6 Å². The molecule has 0 saturated heterocycles. The van der Waals surface area contributed by atoms with Crippen LogP contribution in [0.2, 0.25) is 5.02 Å². The number of amides is 1. The zero-order valence-corrected chi connectivity index (χ0v) is 14.0. The molecular weight excluding hydrogens is 314 g/mol. The molecule has 2 aromatic rings. The maximum absolute atomic E-state index is 11.8. The SMILES string of the molecule is O=C(CCSc1ccccc1)NCCCc1ccccc1Cl. The zero-order chi connectivity index (χ0) is 15.6. The second kappa shape index (κ2) is 9.54. The molecule has 2 rings (SSSR count). The molecule has 0 unspecified atom stereocenters. The van der Waals surface area contributed by atoms with Gasteiger partial charge in [-0.15, -0.1) is 11.8 Å². The van der Waals surface area contributed by atoms with Gasteiger partial charge < -0.3 is 5.32 Å². The summed E-state index contributed by atoms with van der Waals surface area (Å²) < 4.78 is 0. The first-order valence-corrected chi connectivity index (χ1v) is 8.80. The summed E-state index contributed by atoms with van der Waals surface area (Å²) in [5.41, 5.74) is 1.14. The number of carbonyl (C=O) groups is 1. The third kappa shape index (κ3) is 6.12. The minimum atomic E-state index is 0.114. The van der Waals surface area contributed by atoms with Gasteiger partial charge in [-0.05, 0) is 36.6 Å². The second-order valence-corrected chi connectivity index (χ2v) is 6.53. The van der Waals surface area contributed by atoms with Crippen molar-refractivity contribution in [2.45, 2.75) is 24.2 Å². The van der Waals surface area contributed by atoms with Gasteiger partial charge in [-0.3, -0.25) is 4.79 Å². The van der Waals surface area contributed by atoms with E-state index in [9.17, 15) is 4.79 Å². The van der Waals surface area contributed by atoms with Gasteiger partial charge in [0.2, 0.25) is 5.91 Å². The van der Waals surface area contributed by atoms with Crippen molar-refractivity contribution in [3.05, 3.63) is 65.2 Å². The third-order valence-electron chi connectivity index (χ3n) is 3.24. The molecule has 0 radical (unpaired) electrons. The van der Waals surface area contributed by atoms with Crippen LogP contribution >= 0.6 is 23.4 Å². The van der Waals surface area contributed by atoms with E-state index in [1.54, 1.807) is 11.8 Å². The fraction of sp³-hybridized carbons (Fsp3) is 0.278. The van der Waals surface area contributed by atoms with Crippen LogP contribution in [0.15, 0.2) is 59.5 Å². The fourth-order valence-corrected chi connectivity index (χ4v) is 3.18. The van der Waals surface area contributed by atoms with Crippen molar-refractivity contribution in [1.29, 1.82) is 0 Å². The number of halogens is 1. The van der Waals surface area contributed by atoms with Crippen molar-refractivity contribution in [3.63, 3.8) is 0 Å². The number of hydrogen-bond acceptors (Lipinski definition) is 2. The number of thioether (sulfide) groups is 1. The van der Waals surface area contributed by atoms with E-state index in [-0.39, 0.29) is 5.91 Å². The molecule has 0 atom stereocenters. The molecule has 1 N–H and O–H groups in total. The Morgan fingerprint density at radius 3 is 2.55 bits per heavy atom. The Morgan fingerprint density at radius 1 is 1.05 bits per heavy atom. The van der Waals surface area contributed by atoms with Crippen molar-refractivity contribution in [1.82, 2.24) is 5.32 Å². The topological polar surface area (TPSA) is 29.1 Å². The predicted molar refractivity (Wildman–Crippen MR) is 94.6 cm³/mol. The molecular formula is C18H20ClNOS. The molecule has 0 aliphatic carbocycles. The predicted octanol–water partition coefficient (Wildman–Crippen LogP) is 4.57. The van der Waals surface area contributed by atoms with Crippen LogP contribution in [0.3, 0.4) is 0 Å². The van der Waals surface area contributed by atoms with Crippen molar-refractivity contribution < 1.29 is 4.79 Å². The molecule has 22 heavy (non-hydrogen) atoms. The van der Waals surface area contributed by atoms with Crippen molar-refractivity contribution in [2.24, 2.45) is 0 Å². The van der Waals surface area contributed by atoms with E-state index in [4.69, 9.17) is 11.6 Å². The Labute approximate surface area is 141 Å². The summed E-state index contributed by atoms with van der Waals surface area (Å²) in [6.45, 7) is 0.695. The standard InChI is InChI=1S/C18H20ClNOS/c19-17-11-5-4-7-15(17)8-6-13-20-18(21)12-14-22-16-9-2-1-3-10-16/h1-5,7,9-11H,6,8,12-14H2,(H,20,21). The van der Waals surface area contributed by atoms with Gasteiger partial charge in [0.25, 0.3) is 0 Å². The van der Waals surface area contributed by atoms with Crippen LogP contribution in [0.4, 0.5) is 0 Å². The Bertz CT molecular complexity index is 589. The number of aryl methyl sites for hydroxylation is 1. The minimum absolute atomic E-state index is 0.114. The fourth-order valence-electron chi connectivity index (χ4n) is 2.07. The lowest BCUT2D eigenvalue weighted by Crippen LogP contribution is -2.25. The van der Waals surface area contributed by atoms with Crippen LogP contribution in [0.5, 0.6) is 0 Å². The van der Waals surface area contributed by atoms with Gasteiger partial charge in [0.05, 0.1) is 0 Å². The molecule has 0 bridgehead atoms. The van der Waals surface area contributed by atoms with E-state index >= 15 is 0 Å². The highest BCUT2D eigenvalue weighted by Crippen LogP contribution is 2.18. The summed E-state index contributed by atoms with van der Waals surface area (Å²) in [4.78, 5) is 13.0. The number of rotatable bonds is 8. The van der Waals surface area contributed by atoms with E-state index in [0.717, 1.165) is 29.2 Å². The van der Waals surface area contributed by atoms with E-state index in [0.29, 0.717) is 13.0 Å². The molecule has 4 heteroatoms. The highest BCUT2D eigenvalue weighted by atomic mass is 35.5. The summed E-state index contributed by atoms with van der Waals surface area (Å²) in [5.74, 6) is 0.919. The second-order valence-electron chi connectivity index (χ2n) is 4.96. The highest BCUT2D eigenvalue weighted by Gasteiger charge is 2.03. The molecule has 0 aliphatic rings. The number of hydrogen-bond donors (Lipinski definition) is 1. The zero-order valence-electron chi connectivity index (χ0n) is 12.4. The Morgan fingerprint density at radius 2 is 1.77 bits per heavy atom. The summed E-state index contributed by atoms with van der Waals surface area (Å²) in [6, 6.07) is 18.0. The Balaban J connectivity index is 1.57. The molecule has 0 aliphatic heterocycles. The van der Waals surface area contributed by atoms with Gasteiger partial charge >= 0.3 is 0 Å². The summed E-state index contributed by atoms with van der Waals surface area (Å²) in [6.07, 6.45) is 2.34. The first-order valence-electron chi connectivity index (χ1n) is 7.43. The van der Waals surface area contributed by atoms with Gasteiger partial charge in [-0.25, -0.2) is 0 Å². The molecule has 0 spiro atoms. The maximum Gasteiger partial charge on any atom is 0.220 e. The van der Waals surface area contributed by atoms with Gasteiger partial charge in [0.15, 0.2) is 0 Å². The molecule has 116 valence electrons. The van der Waals surface area contributed by atoms with Gasteiger partial charge in [0.1, 0.15) is 0 Å². The lowest BCUT2D eigenvalue weighted by molar-refractivity contribution is -0.120. The molecule has 2 aromatic carbocycles. The third-order valence-corrected chi connectivity index (χ3v) is 4.63. The van der Waals surface area contributed by atoms with Gasteiger partial charge in [-0.1, -0.05) is 48.0 Å². The highest BCUT2D eigenvalue weighted by molar-refractivity contribution is 7.99. The molecule has 0 saturated carbocycles. The number of benzene rings is 2. The lowest BCUT2D eigenvalue weighted by atomic mass is 10.1. The normalized spacial score (nSPS) is 10.4. The van der Waals surface area contributed by atoms with Crippen molar-refractivity contribution in [2.75, 3.05) is 12.3 Å². The van der Waals surface area contributed by atoms with Crippen LogP contribution in [0.25, 0.3) is 0 Å². The largest absolute Gasteiger partial charge is 0.356 e. The lowest BCUT2D eigenvalue weighted by Gasteiger charge is -2.06. The smallest absolute Gasteiger partial charge is 0.220 e. The van der Waals surface area contributed by atoms with Crippen LogP contribution < -0.4 is 5.32 Å². The average Bonchev–Trinajstić information content (AvgIpc) is 2.54. The van der Waals surface area contributed by atoms with Crippen LogP contribution in [0, 0.1) is 0 Å². The molecule has 0 fully saturated rings. The average molecular weight is 334 g/mol. The quantitative estimate of drug-likeness (QED) is 0.566. The van der Waals surface area contributed by atoms with E-state index in [1.807, 2.05) is 42.5 Å². The van der Waals surface area contributed by atoms with Crippen LogP contribution in [-0.2, 0) is 11.2 Å². The molecule has 0 aromatic heterocycles. The van der Waals surface area contributed by atoms with E-state index < -0.39 is 0 Å². The molecule has 0 heterocycles. The maximum atomic E-state index is 11.8. The summed E-state index contributed by atoms with van der Waals surface area (Å²) in [7, 11) is 0. The first-order chi connectivity index (χ1) is 10.8. The summed E-state index contributed by atoms with van der Waals surface area (Å²) in [5, 5.41) is 3.76. The van der Waals surface area contributed by atoms with Gasteiger partial charge in [-0.2, -0.15) is 0 Å². The Hall–Kier alpha value is -1.45. The van der Waals surface area contributed by atoms with Crippen molar-refractivity contribution in [3.8, 4) is 0 Å². The Kier molecular flexibility index (Phi) is 7.34. The van der Waals surface area contributed by atoms with Crippen molar-refractivity contribution >= 4 is 29.3 Å². The van der Waals surface area contributed by atoms with E-state index in [2.05, 4.69) is 17.4 Å². The molecule has 1 amide bonds.